The normalized spacial score (nSPS) is 21.6. The molecule has 0 unspecified atom stereocenters. The Hall–Kier alpha value is -3.88. The SMILES string of the molecule is O=C(CN1C(=O)N[C@]2(CCOc3ccccc32)C1=O)Nc1cccc(C(=O)NC2CC2)c1. The molecule has 0 bridgehead atoms. The summed E-state index contributed by atoms with van der Waals surface area (Å²) in [5.41, 5.74) is 0.202. The van der Waals surface area contributed by atoms with E-state index < -0.39 is 29.9 Å². The lowest BCUT2D eigenvalue weighted by atomic mass is 9.84. The fourth-order valence-corrected chi connectivity index (χ4v) is 4.09. The maximum atomic E-state index is 13.2. The van der Waals surface area contributed by atoms with Crippen LogP contribution >= 0.6 is 0 Å². The average Bonchev–Trinajstić information content (AvgIpc) is 3.57. The summed E-state index contributed by atoms with van der Waals surface area (Å²) in [6.45, 7) is -0.160. The smallest absolute Gasteiger partial charge is 0.325 e. The van der Waals surface area contributed by atoms with Crippen molar-refractivity contribution in [3.63, 3.8) is 0 Å². The zero-order valence-electron chi connectivity index (χ0n) is 17.2. The summed E-state index contributed by atoms with van der Waals surface area (Å²) in [5, 5.41) is 8.33. The van der Waals surface area contributed by atoms with Gasteiger partial charge >= 0.3 is 6.03 Å². The second-order valence-corrected chi connectivity index (χ2v) is 8.20. The van der Waals surface area contributed by atoms with Gasteiger partial charge in [-0.25, -0.2) is 4.79 Å². The molecule has 2 aromatic rings. The van der Waals surface area contributed by atoms with Crippen LogP contribution in [0.1, 0.15) is 35.2 Å². The predicted molar refractivity (Wildman–Crippen MR) is 114 cm³/mol. The molecule has 3 aliphatic rings. The van der Waals surface area contributed by atoms with Crippen LogP contribution in [0, 0.1) is 0 Å². The van der Waals surface area contributed by atoms with Crippen LogP contribution in [0.4, 0.5) is 10.5 Å². The van der Waals surface area contributed by atoms with Gasteiger partial charge in [-0.3, -0.25) is 19.3 Å². The Bertz CT molecular complexity index is 1130. The van der Waals surface area contributed by atoms with Crippen LogP contribution in [0.5, 0.6) is 5.75 Å². The molecule has 0 radical (unpaired) electrons. The van der Waals surface area contributed by atoms with Gasteiger partial charge < -0.3 is 20.7 Å². The van der Waals surface area contributed by atoms with Gasteiger partial charge in [-0.2, -0.15) is 0 Å². The lowest BCUT2D eigenvalue weighted by Gasteiger charge is -2.33. The topological polar surface area (TPSA) is 117 Å². The molecule has 1 aliphatic carbocycles. The first kappa shape index (κ1) is 20.0. The molecule has 2 aliphatic heterocycles. The highest BCUT2D eigenvalue weighted by molar-refractivity contribution is 6.11. The van der Waals surface area contributed by atoms with Gasteiger partial charge in [-0.05, 0) is 37.1 Å². The minimum atomic E-state index is -1.23. The molecule has 1 saturated heterocycles. The van der Waals surface area contributed by atoms with E-state index in [1.54, 1.807) is 48.5 Å². The van der Waals surface area contributed by atoms with Gasteiger partial charge in [0, 0.05) is 29.3 Å². The van der Waals surface area contributed by atoms with Crippen LogP contribution in [0.15, 0.2) is 48.5 Å². The van der Waals surface area contributed by atoms with Crippen molar-refractivity contribution in [1.29, 1.82) is 0 Å². The van der Waals surface area contributed by atoms with Gasteiger partial charge in [0.25, 0.3) is 11.8 Å². The third kappa shape index (κ3) is 3.55. The molecule has 0 aromatic heterocycles. The van der Waals surface area contributed by atoms with Crippen LogP contribution < -0.4 is 20.7 Å². The standard InChI is InChI=1S/C23H22N4O5/c28-19(24-16-5-3-4-14(12-16)20(29)25-15-8-9-15)13-27-21(30)23(26-22(27)31)10-11-32-18-7-2-1-6-17(18)23/h1-7,12,15H,8-11,13H2,(H,24,28)(H,25,29)(H,26,31)/t23-/m0/s1. The molecule has 1 spiro atoms. The number of hydrogen-bond donors (Lipinski definition) is 3. The van der Waals surface area contributed by atoms with Gasteiger partial charge in [0.05, 0.1) is 6.61 Å². The number of imide groups is 1. The van der Waals surface area contributed by atoms with Gasteiger partial charge in [0.15, 0.2) is 5.54 Å². The van der Waals surface area contributed by atoms with Crippen LogP contribution in [0.25, 0.3) is 0 Å². The van der Waals surface area contributed by atoms with Gasteiger partial charge in [0.2, 0.25) is 5.91 Å². The van der Waals surface area contributed by atoms with E-state index in [9.17, 15) is 19.2 Å². The minimum absolute atomic E-state index is 0.196. The molecule has 5 amide bonds. The molecule has 164 valence electrons. The van der Waals surface area contributed by atoms with Crippen molar-refractivity contribution < 1.29 is 23.9 Å². The number of para-hydroxylation sites is 1. The number of hydrogen-bond acceptors (Lipinski definition) is 5. The van der Waals surface area contributed by atoms with E-state index in [0.717, 1.165) is 17.7 Å². The number of amides is 5. The fraction of sp³-hybridized carbons (Fsp3) is 0.304. The number of ether oxygens (including phenoxy) is 1. The molecule has 9 heteroatoms. The molecular formula is C23H22N4O5. The van der Waals surface area contributed by atoms with E-state index in [2.05, 4.69) is 16.0 Å². The fourth-order valence-electron chi connectivity index (χ4n) is 4.09. The first-order chi connectivity index (χ1) is 15.5. The summed E-state index contributed by atoms with van der Waals surface area (Å²) in [4.78, 5) is 51.7. The molecule has 1 saturated carbocycles. The Balaban J connectivity index is 1.29. The maximum absolute atomic E-state index is 13.2. The van der Waals surface area contributed by atoms with E-state index in [0.29, 0.717) is 22.6 Å². The highest BCUT2D eigenvalue weighted by Crippen LogP contribution is 2.40. The molecule has 2 heterocycles. The minimum Gasteiger partial charge on any atom is -0.493 e. The number of nitrogens with one attached hydrogen (secondary N) is 3. The monoisotopic (exact) mass is 434 g/mol. The largest absolute Gasteiger partial charge is 0.493 e. The highest BCUT2D eigenvalue weighted by Gasteiger charge is 2.55. The van der Waals surface area contributed by atoms with Crippen molar-refractivity contribution >= 4 is 29.4 Å². The van der Waals surface area contributed by atoms with Crippen LogP contribution in [-0.4, -0.2) is 47.8 Å². The summed E-state index contributed by atoms with van der Waals surface area (Å²) < 4.78 is 5.61. The Morgan fingerprint density at radius 2 is 1.94 bits per heavy atom. The van der Waals surface area contributed by atoms with Gasteiger partial charge in [0.1, 0.15) is 12.3 Å². The van der Waals surface area contributed by atoms with E-state index in [1.165, 1.54) is 0 Å². The van der Waals surface area contributed by atoms with Crippen molar-refractivity contribution in [2.24, 2.45) is 0 Å². The summed E-state index contributed by atoms with van der Waals surface area (Å²) in [6.07, 6.45) is 2.24. The number of benzene rings is 2. The number of fused-ring (bicyclic) bond motifs is 2. The van der Waals surface area contributed by atoms with Crippen LogP contribution in [-0.2, 0) is 15.1 Å². The number of urea groups is 1. The molecule has 2 aromatic carbocycles. The lowest BCUT2D eigenvalue weighted by Crippen LogP contribution is -2.48. The quantitative estimate of drug-likeness (QED) is 0.620. The summed E-state index contributed by atoms with van der Waals surface area (Å²) in [5.74, 6) is -0.672. The Labute approximate surface area is 184 Å². The Kier molecular flexibility index (Phi) is 4.80. The van der Waals surface area contributed by atoms with Crippen molar-refractivity contribution in [2.45, 2.75) is 30.8 Å². The van der Waals surface area contributed by atoms with Gasteiger partial charge in [-0.1, -0.05) is 24.3 Å². The third-order valence-electron chi connectivity index (χ3n) is 5.88. The predicted octanol–water partition coefficient (Wildman–Crippen LogP) is 1.75. The van der Waals surface area contributed by atoms with E-state index in [1.807, 2.05) is 0 Å². The van der Waals surface area contributed by atoms with Crippen molar-refractivity contribution in [2.75, 3.05) is 18.5 Å². The Morgan fingerprint density at radius 3 is 2.75 bits per heavy atom. The second-order valence-electron chi connectivity index (χ2n) is 8.20. The summed E-state index contributed by atoms with van der Waals surface area (Å²) >= 11 is 0. The lowest BCUT2D eigenvalue weighted by molar-refractivity contribution is -0.135. The van der Waals surface area contributed by atoms with Crippen molar-refractivity contribution in [3.8, 4) is 5.75 Å². The number of nitrogens with zero attached hydrogens (tertiary/aromatic N) is 1. The van der Waals surface area contributed by atoms with Gasteiger partial charge in [-0.15, -0.1) is 0 Å². The summed E-state index contributed by atoms with van der Waals surface area (Å²) in [6, 6.07) is 13.2. The Morgan fingerprint density at radius 1 is 1.12 bits per heavy atom. The number of anilines is 1. The van der Waals surface area contributed by atoms with Crippen molar-refractivity contribution in [3.05, 3.63) is 59.7 Å². The highest BCUT2D eigenvalue weighted by atomic mass is 16.5. The van der Waals surface area contributed by atoms with Crippen LogP contribution in [0.3, 0.4) is 0 Å². The van der Waals surface area contributed by atoms with E-state index in [4.69, 9.17) is 4.74 Å². The zero-order chi connectivity index (χ0) is 22.3. The third-order valence-corrected chi connectivity index (χ3v) is 5.88. The molecule has 9 nitrogen and oxygen atoms in total. The van der Waals surface area contributed by atoms with E-state index in [-0.39, 0.29) is 25.0 Å². The zero-order valence-corrected chi connectivity index (χ0v) is 17.2. The second kappa shape index (κ2) is 7.67. The number of rotatable bonds is 5. The molecule has 3 N–H and O–H groups in total. The summed E-state index contributed by atoms with van der Waals surface area (Å²) in [7, 11) is 0. The number of carbonyl (C=O) groups excluding carboxylic acids is 4. The first-order valence-electron chi connectivity index (χ1n) is 10.5. The molecular weight excluding hydrogens is 412 g/mol. The molecule has 1 atom stereocenters. The first-order valence-corrected chi connectivity index (χ1v) is 10.5. The molecule has 2 fully saturated rings. The molecule has 5 rings (SSSR count). The van der Waals surface area contributed by atoms with E-state index >= 15 is 0 Å². The van der Waals surface area contributed by atoms with Crippen molar-refractivity contribution in [1.82, 2.24) is 15.5 Å². The maximum Gasteiger partial charge on any atom is 0.325 e. The molecule has 32 heavy (non-hydrogen) atoms. The number of carbonyl (C=O) groups is 4. The van der Waals surface area contributed by atoms with Crippen LogP contribution in [0.2, 0.25) is 0 Å². The average molecular weight is 434 g/mol.